The summed E-state index contributed by atoms with van der Waals surface area (Å²) < 4.78 is 1.79. The lowest BCUT2D eigenvalue weighted by Crippen LogP contribution is -2.56. The average Bonchev–Trinajstić information content (AvgIpc) is 3.12. The maximum atomic E-state index is 12.9. The highest BCUT2D eigenvalue weighted by Gasteiger charge is 2.39. The van der Waals surface area contributed by atoms with Crippen molar-refractivity contribution in [3.05, 3.63) is 42.6 Å². The van der Waals surface area contributed by atoms with E-state index in [4.69, 9.17) is 0 Å². The first-order valence-corrected chi connectivity index (χ1v) is 11.0. The maximum absolute atomic E-state index is 12.9. The van der Waals surface area contributed by atoms with Crippen LogP contribution in [-0.2, 0) is 4.79 Å². The Balaban J connectivity index is 1.13. The number of carbonyl (C=O) groups is 2. The van der Waals surface area contributed by atoms with Gasteiger partial charge in [-0.25, -0.2) is 9.97 Å². The van der Waals surface area contributed by atoms with E-state index >= 15 is 0 Å². The van der Waals surface area contributed by atoms with Gasteiger partial charge in [0.25, 0.3) is 5.91 Å². The molecule has 2 amide bonds. The number of imidazole rings is 1. The van der Waals surface area contributed by atoms with Crippen molar-refractivity contribution in [1.29, 1.82) is 0 Å². The lowest BCUT2D eigenvalue weighted by Gasteiger charge is -2.40. The van der Waals surface area contributed by atoms with Gasteiger partial charge >= 0.3 is 0 Å². The number of carbonyl (C=O) groups excluding carboxylic acids is 2. The molecule has 0 aromatic carbocycles. The third kappa shape index (κ3) is 3.71. The Morgan fingerprint density at radius 3 is 2.50 bits per heavy atom. The summed E-state index contributed by atoms with van der Waals surface area (Å²) in [6.07, 6.45) is 11.8. The molecule has 158 valence electrons. The highest BCUT2D eigenvalue weighted by atomic mass is 16.2. The van der Waals surface area contributed by atoms with Crippen molar-refractivity contribution >= 4 is 11.8 Å². The number of nitrogens with zero attached hydrogens (tertiary/aromatic N) is 6. The van der Waals surface area contributed by atoms with Gasteiger partial charge < -0.3 is 9.80 Å². The minimum Gasteiger partial charge on any atom is -0.341 e. The van der Waals surface area contributed by atoms with Crippen LogP contribution in [0.25, 0.3) is 5.82 Å². The molecule has 3 fully saturated rings. The van der Waals surface area contributed by atoms with Crippen molar-refractivity contribution in [2.45, 2.75) is 31.7 Å². The number of pyridine rings is 1. The Labute approximate surface area is 176 Å². The number of hydrogen-bond acceptors (Lipinski definition) is 5. The van der Waals surface area contributed by atoms with Gasteiger partial charge in [-0.05, 0) is 31.4 Å². The standard InChI is InChI=1S/C22H28N6O2/c29-21(17-5-6-20(24-13-17)27-10-7-23-16-27)28-14-18(15-28)22(30)26-9-2-8-25(11-12-26)19-3-1-4-19/h5-7,10,13,16,18-19H,1-4,8-9,11-12,14-15H2. The van der Waals surface area contributed by atoms with Crippen molar-refractivity contribution in [3.63, 3.8) is 0 Å². The fraction of sp³-hybridized carbons (Fsp3) is 0.545. The van der Waals surface area contributed by atoms with E-state index in [1.54, 1.807) is 34.3 Å². The van der Waals surface area contributed by atoms with Crippen LogP contribution in [0.1, 0.15) is 36.0 Å². The van der Waals surface area contributed by atoms with E-state index < -0.39 is 0 Å². The normalized spacial score (nSPS) is 21.1. The number of rotatable bonds is 4. The molecule has 0 N–H and O–H groups in total. The summed E-state index contributed by atoms with van der Waals surface area (Å²) in [5.74, 6) is 0.805. The molecule has 2 aromatic rings. The second kappa shape index (κ2) is 8.18. The number of amides is 2. The van der Waals surface area contributed by atoms with Crippen LogP contribution in [0.3, 0.4) is 0 Å². The number of hydrogen-bond donors (Lipinski definition) is 0. The van der Waals surface area contributed by atoms with Crippen molar-refractivity contribution in [3.8, 4) is 5.82 Å². The van der Waals surface area contributed by atoms with E-state index in [2.05, 4.69) is 14.9 Å². The first-order chi connectivity index (χ1) is 14.7. The fourth-order valence-corrected chi connectivity index (χ4v) is 4.58. The predicted molar refractivity (Wildman–Crippen MR) is 111 cm³/mol. The highest BCUT2D eigenvalue weighted by molar-refractivity contribution is 5.96. The fourth-order valence-electron chi connectivity index (χ4n) is 4.58. The summed E-state index contributed by atoms with van der Waals surface area (Å²) in [7, 11) is 0. The molecule has 0 spiro atoms. The molecule has 0 bridgehead atoms. The Bertz CT molecular complexity index is 887. The van der Waals surface area contributed by atoms with Crippen molar-refractivity contribution in [2.24, 2.45) is 5.92 Å². The van der Waals surface area contributed by atoms with Crippen LogP contribution in [-0.4, -0.2) is 86.4 Å². The Morgan fingerprint density at radius 1 is 0.967 bits per heavy atom. The largest absolute Gasteiger partial charge is 0.341 e. The third-order valence-electron chi connectivity index (χ3n) is 6.72. The first kappa shape index (κ1) is 19.2. The molecule has 0 radical (unpaired) electrons. The van der Waals surface area contributed by atoms with Gasteiger partial charge in [0.1, 0.15) is 12.1 Å². The molecule has 30 heavy (non-hydrogen) atoms. The van der Waals surface area contributed by atoms with Gasteiger partial charge in [-0.15, -0.1) is 0 Å². The Kier molecular flexibility index (Phi) is 5.25. The van der Waals surface area contributed by atoms with E-state index in [1.807, 2.05) is 17.2 Å². The zero-order chi connectivity index (χ0) is 20.5. The van der Waals surface area contributed by atoms with Crippen LogP contribution in [0.5, 0.6) is 0 Å². The molecule has 4 heterocycles. The van der Waals surface area contributed by atoms with Crippen molar-refractivity contribution in [1.82, 2.24) is 29.2 Å². The number of aromatic nitrogens is 3. The lowest BCUT2D eigenvalue weighted by atomic mass is 9.91. The van der Waals surface area contributed by atoms with Gasteiger partial charge in [0.2, 0.25) is 5.91 Å². The first-order valence-electron chi connectivity index (χ1n) is 11.0. The maximum Gasteiger partial charge on any atom is 0.255 e. The third-order valence-corrected chi connectivity index (χ3v) is 6.72. The summed E-state index contributed by atoms with van der Waals surface area (Å²) in [6.45, 7) is 4.76. The predicted octanol–water partition coefficient (Wildman–Crippen LogP) is 1.43. The molecule has 0 atom stereocenters. The van der Waals surface area contributed by atoms with Crippen molar-refractivity contribution < 1.29 is 9.59 Å². The van der Waals surface area contributed by atoms with E-state index in [-0.39, 0.29) is 17.7 Å². The van der Waals surface area contributed by atoms with Crippen LogP contribution in [0, 0.1) is 5.92 Å². The summed E-state index contributed by atoms with van der Waals surface area (Å²) >= 11 is 0. The van der Waals surface area contributed by atoms with Gasteiger partial charge in [0.05, 0.1) is 11.5 Å². The number of likely N-dealkylation sites (tertiary alicyclic amines) is 1. The van der Waals surface area contributed by atoms with E-state index in [0.717, 1.165) is 44.5 Å². The molecule has 0 unspecified atom stereocenters. The molecule has 3 aliphatic rings. The Hall–Kier alpha value is -2.74. The van der Waals surface area contributed by atoms with Crippen LogP contribution in [0.2, 0.25) is 0 Å². The van der Waals surface area contributed by atoms with Gasteiger partial charge in [-0.2, -0.15) is 0 Å². The molecule has 1 saturated carbocycles. The minimum absolute atomic E-state index is 0.0595. The lowest BCUT2D eigenvalue weighted by molar-refractivity contribution is -0.139. The molecular formula is C22H28N6O2. The van der Waals surface area contributed by atoms with E-state index in [9.17, 15) is 9.59 Å². The minimum atomic E-state index is -0.0672. The quantitative estimate of drug-likeness (QED) is 0.765. The van der Waals surface area contributed by atoms with Gasteiger partial charge in [-0.3, -0.25) is 19.1 Å². The molecule has 2 saturated heterocycles. The van der Waals surface area contributed by atoms with Crippen LogP contribution >= 0.6 is 0 Å². The summed E-state index contributed by atoms with van der Waals surface area (Å²) in [6, 6.07) is 4.33. The smallest absolute Gasteiger partial charge is 0.255 e. The Morgan fingerprint density at radius 2 is 1.83 bits per heavy atom. The monoisotopic (exact) mass is 408 g/mol. The zero-order valence-corrected chi connectivity index (χ0v) is 17.2. The topological polar surface area (TPSA) is 74.6 Å². The second-order valence-electron chi connectivity index (χ2n) is 8.58. The molecule has 1 aliphatic carbocycles. The van der Waals surface area contributed by atoms with E-state index in [0.29, 0.717) is 18.7 Å². The molecule has 5 rings (SSSR count). The van der Waals surface area contributed by atoms with Gasteiger partial charge in [-0.1, -0.05) is 6.42 Å². The van der Waals surface area contributed by atoms with Crippen LogP contribution in [0.4, 0.5) is 0 Å². The molecule has 2 aliphatic heterocycles. The highest BCUT2D eigenvalue weighted by Crippen LogP contribution is 2.26. The summed E-state index contributed by atoms with van der Waals surface area (Å²) in [4.78, 5) is 40.3. The van der Waals surface area contributed by atoms with Gasteiger partial charge in [0, 0.05) is 63.9 Å². The molecule has 8 nitrogen and oxygen atoms in total. The summed E-state index contributed by atoms with van der Waals surface area (Å²) in [5, 5.41) is 0. The average molecular weight is 409 g/mol. The van der Waals surface area contributed by atoms with Crippen LogP contribution < -0.4 is 0 Å². The molecule has 8 heteroatoms. The van der Waals surface area contributed by atoms with Gasteiger partial charge in [0.15, 0.2) is 0 Å². The summed E-state index contributed by atoms with van der Waals surface area (Å²) in [5.41, 5.74) is 0.552. The van der Waals surface area contributed by atoms with Crippen LogP contribution in [0.15, 0.2) is 37.1 Å². The molecule has 2 aromatic heterocycles. The molecular weight excluding hydrogens is 380 g/mol. The SMILES string of the molecule is O=C(c1ccc(-n2ccnc2)nc1)N1CC(C(=O)N2CCCN(C3CCC3)CC2)C1. The van der Waals surface area contributed by atoms with E-state index in [1.165, 1.54) is 19.3 Å². The second-order valence-corrected chi connectivity index (χ2v) is 8.58. The zero-order valence-electron chi connectivity index (χ0n) is 17.2. The van der Waals surface area contributed by atoms with Crippen molar-refractivity contribution in [2.75, 3.05) is 39.3 Å².